The first kappa shape index (κ1) is 8.69. The zero-order valence-corrected chi connectivity index (χ0v) is 7.82. The van der Waals surface area contributed by atoms with Crippen LogP contribution in [-0.4, -0.2) is 9.97 Å². The molecule has 0 aliphatic rings. The van der Waals surface area contributed by atoms with Gasteiger partial charge in [-0.3, -0.25) is 9.78 Å². The van der Waals surface area contributed by atoms with Crippen LogP contribution in [0, 0.1) is 6.92 Å². The highest BCUT2D eigenvalue weighted by molar-refractivity contribution is 5.57. The minimum Gasteiger partial charge on any atom is -0.319 e. The van der Waals surface area contributed by atoms with Gasteiger partial charge in [0.25, 0.3) is 5.56 Å². The van der Waals surface area contributed by atoms with Crippen LogP contribution < -0.4 is 5.56 Å². The van der Waals surface area contributed by atoms with Gasteiger partial charge in [0, 0.05) is 0 Å². The van der Waals surface area contributed by atoms with E-state index in [1.807, 2.05) is 31.2 Å². The molecule has 1 heterocycles. The van der Waals surface area contributed by atoms with Gasteiger partial charge in [-0.15, -0.1) is 0 Å². The second kappa shape index (κ2) is 3.46. The van der Waals surface area contributed by atoms with Crippen molar-refractivity contribution in [1.29, 1.82) is 0 Å². The summed E-state index contributed by atoms with van der Waals surface area (Å²) in [6.45, 7) is 2.02. The van der Waals surface area contributed by atoms with Crippen LogP contribution >= 0.6 is 0 Å². The molecular formula is C11H10N2O. The first-order chi connectivity index (χ1) is 6.75. The molecule has 0 fully saturated rings. The van der Waals surface area contributed by atoms with Crippen LogP contribution in [0.2, 0.25) is 0 Å². The molecule has 2 rings (SSSR count). The van der Waals surface area contributed by atoms with Crippen molar-refractivity contribution in [2.45, 2.75) is 6.92 Å². The Kier molecular flexibility index (Phi) is 2.14. The van der Waals surface area contributed by atoms with Gasteiger partial charge in [-0.2, -0.15) is 0 Å². The standard InChI is InChI=1S/C11H10N2O/c1-8-2-4-9(5-3-8)10-6-12-7-11(14)13-10/h2-7H,1H3,(H,13,14). The van der Waals surface area contributed by atoms with Crippen LogP contribution in [0.1, 0.15) is 5.56 Å². The van der Waals surface area contributed by atoms with Gasteiger partial charge in [0.1, 0.15) is 0 Å². The van der Waals surface area contributed by atoms with Crippen LogP contribution in [0.5, 0.6) is 0 Å². The van der Waals surface area contributed by atoms with Crippen molar-refractivity contribution in [3.05, 3.63) is 52.6 Å². The largest absolute Gasteiger partial charge is 0.319 e. The van der Waals surface area contributed by atoms with Gasteiger partial charge >= 0.3 is 0 Å². The van der Waals surface area contributed by atoms with E-state index in [9.17, 15) is 4.79 Å². The summed E-state index contributed by atoms with van der Waals surface area (Å²) < 4.78 is 0. The highest BCUT2D eigenvalue weighted by atomic mass is 16.1. The Morgan fingerprint density at radius 1 is 1.14 bits per heavy atom. The molecule has 0 unspecified atom stereocenters. The molecule has 0 atom stereocenters. The molecule has 3 nitrogen and oxygen atoms in total. The lowest BCUT2D eigenvalue weighted by Gasteiger charge is -2.00. The smallest absolute Gasteiger partial charge is 0.266 e. The molecule has 0 radical (unpaired) electrons. The molecule has 0 aliphatic carbocycles. The number of aryl methyl sites for hydroxylation is 1. The molecule has 0 saturated heterocycles. The fourth-order valence-electron chi connectivity index (χ4n) is 1.26. The zero-order chi connectivity index (χ0) is 9.97. The third-order valence-corrected chi connectivity index (χ3v) is 2.02. The highest BCUT2D eigenvalue weighted by Gasteiger charge is 1.97. The molecule has 0 bridgehead atoms. The topological polar surface area (TPSA) is 45.8 Å². The van der Waals surface area contributed by atoms with Crippen molar-refractivity contribution in [1.82, 2.24) is 9.97 Å². The summed E-state index contributed by atoms with van der Waals surface area (Å²) in [5.41, 5.74) is 2.74. The van der Waals surface area contributed by atoms with Crippen LogP contribution in [0.3, 0.4) is 0 Å². The Labute approximate surface area is 81.5 Å². The second-order valence-corrected chi connectivity index (χ2v) is 3.18. The summed E-state index contributed by atoms with van der Waals surface area (Å²) in [4.78, 5) is 17.6. The molecule has 14 heavy (non-hydrogen) atoms. The maximum Gasteiger partial charge on any atom is 0.266 e. The van der Waals surface area contributed by atoms with Gasteiger partial charge < -0.3 is 4.98 Å². The summed E-state index contributed by atoms with van der Waals surface area (Å²) >= 11 is 0. The van der Waals surface area contributed by atoms with Gasteiger partial charge in [-0.05, 0) is 12.5 Å². The lowest BCUT2D eigenvalue weighted by Crippen LogP contribution is -2.05. The number of nitrogens with zero attached hydrogens (tertiary/aromatic N) is 1. The summed E-state index contributed by atoms with van der Waals surface area (Å²) in [7, 11) is 0. The van der Waals surface area contributed by atoms with E-state index in [1.54, 1.807) is 6.20 Å². The fourth-order valence-corrected chi connectivity index (χ4v) is 1.26. The summed E-state index contributed by atoms with van der Waals surface area (Å²) in [5.74, 6) is 0. The molecular weight excluding hydrogens is 176 g/mol. The molecule has 70 valence electrons. The van der Waals surface area contributed by atoms with E-state index in [1.165, 1.54) is 11.8 Å². The number of rotatable bonds is 1. The van der Waals surface area contributed by atoms with E-state index in [2.05, 4.69) is 9.97 Å². The van der Waals surface area contributed by atoms with Crippen LogP contribution in [0.15, 0.2) is 41.5 Å². The third kappa shape index (κ3) is 1.71. The molecule has 0 aliphatic heterocycles. The first-order valence-electron chi connectivity index (χ1n) is 4.37. The maximum absolute atomic E-state index is 11.0. The van der Waals surface area contributed by atoms with E-state index in [0.717, 1.165) is 11.3 Å². The van der Waals surface area contributed by atoms with E-state index in [-0.39, 0.29) is 5.56 Å². The van der Waals surface area contributed by atoms with E-state index in [0.29, 0.717) is 0 Å². The number of aromatic amines is 1. The minimum atomic E-state index is -0.178. The molecule has 2 aromatic rings. The molecule has 0 amide bonds. The SMILES string of the molecule is Cc1ccc(-c2cncc(=O)[nH]2)cc1. The van der Waals surface area contributed by atoms with Gasteiger partial charge in [0.05, 0.1) is 18.1 Å². The first-order valence-corrected chi connectivity index (χ1v) is 4.37. The fraction of sp³-hybridized carbons (Fsp3) is 0.0909. The number of aromatic nitrogens is 2. The Morgan fingerprint density at radius 3 is 2.50 bits per heavy atom. The van der Waals surface area contributed by atoms with Crippen molar-refractivity contribution in [3.8, 4) is 11.3 Å². The van der Waals surface area contributed by atoms with E-state index >= 15 is 0 Å². The third-order valence-electron chi connectivity index (χ3n) is 2.02. The van der Waals surface area contributed by atoms with Crippen molar-refractivity contribution >= 4 is 0 Å². The van der Waals surface area contributed by atoms with Gasteiger partial charge in [0.15, 0.2) is 0 Å². The molecule has 0 saturated carbocycles. The second-order valence-electron chi connectivity index (χ2n) is 3.18. The summed E-state index contributed by atoms with van der Waals surface area (Å²) in [6.07, 6.45) is 2.91. The number of hydrogen-bond acceptors (Lipinski definition) is 2. The average molecular weight is 186 g/mol. The Balaban J connectivity index is 2.50. The summed E-state index contributed by atoms with van der Waals surface area (Å²) in [6, 6.07) is 7.92. The Morgan fingerprint density at radius 2 is 1.86 bits per heavy atom. The molecule has 0 spiro atoms. The number of H-pyrrole nitrogens is 1. The van der Waals surface area contributed by atoms with Gasteiger partial charge in [0.2, 0.25) is 0 Å². The van der Waals surface area contributed by atoms with Crippen molar-refractivity contribution in [3.63, 3.8) is 0 Å². The lowest BCUT2D eigenvalue weighted by molar-refractivity contribution is 1.14. The normalized spacial score (nSPS) is 10.1. The van der Waals surface area contributed by atoms with Crippen molar-refractivity contribution in [2.24, 2.45) is 0 Å². The molecule has 1 aromatic heterocycles. The predicted octanol–water partition coefficient (Wildman–Crippen LogP) is 1.75. The Bertz CT molecular complexity index is 485. The van der Waals surface area contributed by atoms with E-state index < -0.39 is 0 Å². The molecule has 3 heteroatoms. The quantitative estimate of drug-likeness (QED) is 0.737. The van der Waals surface area contributed by atoms with Crippen molar-refractivity contribution in [2.75, 3.05) is 0 Å². The maximum atomic E-state index is 11.0. The van der Waals surface area contributed by atoms with Crippen LogP contribution in [-0.2, 0) is 0 Å². The van der Waals surface area contributed by atoms with Gasteiger partial charge in [-0.1, -0.05) is 29.8 Å². The number of benzene rings is 1. The van der Waals surface area contributed by atoms with E-state index in [4.69, 9.17) is 0 Å². The van der Waals surface area contributed by atoms with Crippen molar-refractivity contribution < 1.29 is 0 Å². The average Bonchev–Trinajstić information content (AvgIpc) is 2.19. The van der Waals surface area contributed by atoms with Crippen LogP contribution in [0.25, 0.3) is 11.3 Å². The molecule has 1 aromatic carbocycles. The minimum absolute atomic E-state index is 0.178. The number of nitrogens with one attached hydrogen (secondary N) is 1. The van der Waals surface area contributed by atoms with Crippen LogP contribution in [0.4, 0.5) is 0 Å². The number of hydrogen-bond donors (Lipinski definition) is 1. The van der Waals surface area contributed by atoms with Gasteiger partial charge in [-0.25, -0.2) is 0 Å². The summed E-state index contributed by atoms with van der Waals surface area (Å²) in [5, 5.41) is 0. The zero-order valence-electron chi connectivity index (χ0n) is 7.82. The molecule has 1 N–H and O–H groups in total. The lowest BCUT2D eigenvalue weighted by atomic mass is 10.1. The Hall–Kier alpha value is -1.90. The highest BCUT2D eigenvalue weighted by Crippen LogP contribution is 2.14. The monoisotopic (exact) mass is 186 g/mol. The predicted molar refractivity (Wildman–Crippen MR) is 55.0 cm³/mol.